The molecule has 0 saturated heterocycles. The summed E-state index contributed by atoms with van der Waals surface area (Å²) in [6.07, 6.45) is 50.5. The first kappa shape index (κ1) is 87.1. The van der Waals surface area contributed by atoms with Crippen molar-refractivity contribution in [1.82, 2.24) is 0 Å². The monoisotopic (exact) mass is 1310 g/mol. The van der Waals surface area contributed by atoms with Gasteiger partial charge < -0.3 is 33.8 Å². The molecule has 0 spiro atoms. The summed E-state index contributed by atoms with van der Waals surface area (Å²) in [6.45, 7) is 7.18. The third kappa shape index (κ3) is 64.6. The standard InChI is InChI=1S/C70H136O17P2/c1-6-9-12-15-17-19-20-21-29-32-36-39-44-49-54-68(73)81-60-66(87-70(75)56-51-46-41-37-33-30-27-25-23-22-24-26-28-31-35-38-43-47-52-63(4)5)62-85-89(78,79)83-58-64(71)57-82-88(76,77)84-61-65(59-80-67(72)53-48-42-14-11-8-3)86-69(74)55-50-45-40-34-18-16-13-10-7-2/h63-66,71H,6-62H2,1-5H3,(H,76,77)(H,78,79)/t64-,65+,66+/m0/s1. The Morgan fingerprint density at radius 1 is 0.303 bits per heavy atom. The lowest BCUT2D eigenvalue weighted by Gasteiger charge is -2.21. The Balaban J connectivity index is 5.10. The molecule has 3 N–H and O–H groups in total. The zero-order valence-electron chi connectivity index (χ0n) is 57.6. The summed E-state index contributed by atoms with van der Waals surface area (Å²) in [4.78, 5) is 72.2. The average molecular weight is 1310 g/mol. The van der Waals surface area contributed by atoms with Gasteiger partial charge in [0.25, 0.3) is 0 Å². The number of carbonyl (C=O) groups is 4. The van der Waals surface area contributed by atoms with E-state index in [0.717, 1.165) is 102 Å². The van der Waals surface area contributed by atoms with E-state index in [1.54, 1.807) is 0 Å². The SMILES string of the molecule is CCCCCCCCCCCCCCCCC(=O)OC[C@H](COP(=O)(O)OC[C@@H](O)COP(=O)(O)OC[C@@H](COC(=O)CCCCCCC)OC(=O)CCCCCCCCCCC)OC(=O)CCCCCCCCCCCCCCCCCCCCC(C)C. The molecule has 89 heavy (non-hydrogen) atoms. The molecule has 0 saturated carbocycles. The first-order chi connectivity index (χ1) is 43.0. The van der Waals surface area contributed by atoms with Crippen LogP contribution in [0.5, 0.6) is 0 Å². The van der Waals surface area contributed by atoms with Crippen LogP contribution in [0, 0.1) is 5.92 Å². The average Bonchev–Trinajstić information content (AvgIpc) is 3.53. The third-order valence-electron chi connectivity index (χ3n) is 16.3. The fourth-order valence-corrected chi connectivity index (χ4v) is 12.2. The van der Waals surface area contributed by atoms with Gasteiger partial charge in [0.05, 0.1) is 26.4 Å². The lowest BCUT2D eigenvalue weighted by atomic mass is 10.0. The number of hydrogen-bond acceptors (Lipinski definition) is 15. The number of hydrogen-bond donors (Lipinski definition) is 3. The van der Waals surface area contributed by atoms with Crippen LogP contribution in [0.3, 0.4) is 0 Å². The number of aliphatic hydroxyl groups excluding tert-OH is 1. The van der Waals surface area contributed by atoms with Gasteiger partial charge in [0.1, 0.15) is 19.3 Å². The molecule has 0 aromatic heterocycles. The van der Waals surface area contributed by atoms with Crippen molar-refractivity contribution in [3.8, 4) is 0 Å². The van der Waals surface area contributed by atoms with E-state index < -0.39 is 97.5 Å². The van der Waals surface area contributed by atoms with E-state index in [0.29, 0.717) is 25.7 Å². The maximum Gasteiger partial charge on any atom is 0.472 e. The third-order valence-corrected chi connectivity index (χ3v) is 18.2. The molecule has 5 atom stereocenters. The molecule has 0 radical (unpaired) electrons. The van der Waals surface area contributed by atoms with Crippen molar-refractivity contribution in [1.29, 1.82) is 0 Å². The van der Waals surface area contributed by atoms with Gasteiger partial charge in [-0.15, -0.1) is 0 Å². The number of phosphoric ester groups is 2. The van der Waals surface area contributed by atoms with Crippen LogP contribution in [-0.2, 0) is 65.4 Å². The number of ether oxygens (including phenoxy) is 4. The van der Waals surface area contributed by atoms with Gasteiger partial charge in [-0.25, -0.2) is 9.13 Å². The summed E-state index contributed by atoms with van der Waals surface area (Å²) < 4.78 is 68.0. The zero-order valence-corrected chi connectivity index (χ0v) is 59.4. The Morgan fingerprint density at radius 2 is 0.517 bits per heavy atom. The fraction of sp³-hybridized carbons (Fsp3) is 0.943. The highest BCUT2D eigenvalue weighted by molar-refractivity contribution is 7.47. The van der Waals surface area contributed by atoms with Crippen LogP contribution in [0.1, 0.15) is 362 Å². The first-order valence-electron chi connectivity index (χ1n) is 36.6. The second-order valence-electron chi connectivity index (χ2n) is 25.7. The Labute approximate surface area is 543 Å². The molecule has 0 aromatic rings. The fourth-order valence-electron chi connectivity index (χ4n) is 10.6. The van der Waals surface area contributed by atoms with Gasteiger partial charge in [0.15, 0.2) is 12.2 Å². The van der Waals surface area contributed by atoms with E-state index in [-0.39, 0.29) is 25.7 Å². The van der Waals surface area contributed by atoms with Gasteiger partial charge in [-0.05, 0) is 31.6 Å². The summed E-state index contributed by atoms with van der Waals surface area (Å²) in [5.41, 5.74) is 0. The minimum atomic E-state index is -4.95. The van der Waals surface area contributed by atoms with Crippen LogP contribution in [0.25, 0.3) is 0 Å². The number of esters is 4. The highest BCUT2D eigenvalue weighted by atomic mass is 31.2. The van der Waals surface area contributed by atoms with E-state index in [9.17, 15) is 43.2 Å². The first-order valence-corrected chi connectivity index (χ1v) is 39.6. The minimum Gasteiger partial charge on any atom is -0.462 e. The van der Waals surface area contributed by atoms with Crippen LogP contribution < -0.4 is 0 Å². The molecule has 528 valence electrons. The Bertz CT molecular complexity index is 1720. The summed E-state index contributed by atoms with van der Waals surface area (Å²) in [7, 11) is -9.88. The van der Waals surface area contributed by atoms with Gasteiger partial charge >= 0.3 is 39.5 Å². The zero-order chi connectivity index (χ0) is 65.6. The molecule has 19 heteroatoms. The van der Waals surface area contributed by atoms with Gasteiger partial charge in [0, 0.05) is 25.7 Å². The largest absolute Gasteiger partial charge is 0.472 e. The van der Waals surface area contributed by atoms with E-state index in [4.69, 9.17) is 37.0 Å². The maximum absolute atomic E-state index is 13.0. The molecule has 0 bridgehead atoms. The molecule has 2 unspecified atom stereocenters. The van der Waals surface area contributed by atoms with E-state index in [1.807, 2.05) is 0 Å². The van der Waals surface area contributed by atoms with Crippen LogP contribution in [0.4, 0.5) is 0 Å². The predicted molar refractivity (Wildman–Crippen MR) is 358 cm³/mol. The summed E-state index contributed by atoms with van der Waals surface area (Å²) in [5.74, 6) is -1.31. The molecule has 0 amide bonds. The van der Waals surface area contributed by atoms with Gasteiger partial charge in [-0.2, -0.15) is 0 Å². The quantitative estimate of drug-likeness (QED) is 0.0222. The van der Waals surface area contributed by atoms with E-state index >= 15 is 0 Å². The second-order valence-corrected chi connectivity index (χ2v) is 28.7. The molecule has 17 nitrogen and oxygen atoms in total. The topological polar surface area (TPSA) is 237 Å². The Morgan fingerprint density at radius 3 is 0.764 bits per heavy atom. The van der Waals surface area contributed by atoms with Crippen LogP contribution >= 0.6 is 15.6 Å². The minimum absolute atomic E-state index is 0.105. The van der Waals surface area contributed by atoms with Crippen molar-refractivity contribution in [3.63, 3.8) is 0 Å². The molecular weight excluding hydrogens is 1170 g/mol. The molecule has 0 aliphatic carbocycles. The van der Waals surface area contributed by atoms with Crippen LogP contribution in [-0.4, -0.2) is 96.7 Å². The summed E-state index contributed by atoms with van der Waals surface area (Å²) >= 11 is 0. The molecular formula is C70H136O17P2. The van der Waals surface area contributed by atoms with E-state index in [1.165, 1.54) is 180 Å². The number of carbonyl (C=O) groups excluding carboxylic acids is 4. The number of phosphoric acid groups is 2. The van der Waals surface area contributed by atoms with Gasteiger partial charge in [0.2, 0.25) is 0 Å². The van der Waals surface area contributed by atoms with Gasteiger partial charge in [-0.1, -0.05) is 311 Å². The van der Waals surface area contributed by atoms with Crippen LogP contribution in [0.15, 0.2) is 0 Å². The normalized spacial score (nSPS) is 14.1. The summed E-state index contributed by atoms with van der Waals surface area (Å²) in [6, 6.07) is 0. The molecule has 0 rings (SSSR count). The van der Waals surface area contributed by atoms with Crippen molar-refractivity contribution < 1.29 is 80.2 Å². The van der Waals surface area contributed by atoms with Gasteiger partial charge in [-0.3, -0.25) is 37.3 Å². The molecule has 0 aliphatic rings. The second kappa shape index (κ2) is 63.5. The Kier molecular flexibility index (Phi) is 62.1. The lowest BCUT2D eigenvalue weighted by Crippen LogP contribution is -2.30. The van der Waals surface area contributed by atoms with E-state index in [2.05, 4.69) is 34.6 Å². The van der Waals surface area contributed by atoms with Crippen molar-refractivity contribution in [2.75, 3.05) is 39.6 Å². The van der Waals surface area contributed by atoms with Crippen molar-refractivity contribution in [3.05, 3.63) is 0 Å². The maximum atomic E-state index is 13.0. The lowest BCUT2D eigenvalue weighted by molar-refractivity contribution is -0.161. The van der Waals surface area contributed by atoms with Crippen molar-refractivity contribution in [2.45, 2.75) is 380 Å². The predicted octanol–water partition coefficient (Wildman–Crippen LogP) is 20.1. The number of unbranched alkanes of at least 4 members (excludes halogenated alkanes) is 42. The van der Waals surface area contributed by atoms with Crippen molar-refractivity contribution in [2.24, 2.45) is 5.92 Å². The van der Waals surface area contributed by atoms with Crippen molar-refractivity contribution >= 4 is 39.5 Å². The molecule has 0 heterocycles. The summed E-state index contributed by atoms with van der Waals surface area (Å²) in [5, 5.41) is 10.5. The molecule has 0 aromatic carbocycles. The Hall–Kier alpha value is -1.94. The number of aliphatic hydroxyl groups is 1. The van der Waals surface area contributed by atoms with Crippen LogP contribution in [0.2, 0.25) is 0 Å². The molecule has 0 aliphatic heterocycles. The highest BCUT2D eigenvalue weighted by Crippen LogP contribution is 2.45. The highest BCUT2D eigenvalue weighted by Gasteiger charge is 2.30. The molecule has 0 fully saturated rings. The number of rotatable bonds is 70. The smallest absolute Gasteiger partial charge is 0.462 e.